The summed E-state index contributed by atoms with van der Waals surface area (Å²) in [7, 11) is 0. The average Bonchev–Trinajstić information content (AvgIpc) is 3.51. The number of guanidine groups is 1. The predicted octanol–water partition coefficient (Wildman–Crippen LogP) is -7.26. The fraction of sp³-hybridized carbons (Fsp3) is 0.627. The Hall–Kier alpha value is -9.51. The molecule has 0 radical (unpaired) electrons. The Morgan fingerprint density at radius 1 is 0.609 bits per heavy atom. The number of primary amides is 3. The van der Waals surface area contributed by atoms with Crippen molar-refractivity contribution < 1.29 is 87.2 Å². The Kier molecular flexibility index (Phi) is 30.8. The first-order valence-electron chi connectivity index (χ1n) is 27.8. The highest BCUT2D eigenvalue weighted by molar-refractivity contribution is 6.00. The van der Waals surface area contributed by atoms with E-state index in [2.05, 4.69) is 57.5 Å². The molecule has 0 aromatic carbocycles. The third kappa shape index (κ3) is 26.1. The standard InChI is InChI=1S/C51H82N18O18/c1-5-24(4)40(50(86)87)68-44(80)29(12-15-38(75)76)63-46(82)31(19-35(53)71)66-42(78)27(10-13-34(52)70)62-47(83)32(20-36(54)72)67-45(81)30(18-25-21-58-22-60-25)65-43(79)28(11-14-37(73)74)61-41(77)26(8-6-16-59-51(56)57)64-48(84)33-9-7-17-69(33)49(85)39(55)23(2)3/h21-24,26-33,39-40H,5-20,55H2,1-4H3,(H2,52,70)(H2,53,71)(H2,54,72)(H,58,60)(H,61,77)(H,62,83)(H,63,82)(H,64,84)(H,65,79)(H,66,78)(H,67,81)(H,68,80)(H,73,74)(H,75,76)(H,86,87)(H4,56,57,59)/t24-,26-,27-,28-,29-,30-,31-,32-,33-,39-,40-/m0/s1. The SMILES string of the molecule is CC[C@H](C)[C@H](NC(=O)[C@H](CCC(=O)O)NC(=O)[C@H](CC(N)=O)NC(=O)[C@H](CCC(N)=O)NC(=O)[C@H](CC(N)=O)NC(=O)[C@H](Cc1cnc[nH]1)NC(=O)[C@H](CCC(=O)O)NC(=O)[C@H](CCCN=C(N)N)NC(=O)[C@@H]1CCCN1C(=O)[C@@H](N)C(C)C)C(=O)O. The third-order valence-electron chi connectivity index (χ3n) is 13.8. The summed E-state index contributed by atoms with van der Waals surface area (Å²) >= 11 is 0. The summed E-state index contributed by atoms with van der Waals surface area (Å²) in [6.45, 7) is 6.75. The van der Waals surface area contributed by atoms with E-state index in [0.29, 0.717) is 6.42 Å². The van der Waals surface area contributed by atoms with E-state index in [-0.39, 0.29) is 56.3 Å². The summed E-state index contributed by atoms with van der Waals surface area (Å²) in [5, 5.41) is 47.2. The lowest BCUT2D eigenvalue weighted by Crippen LogP contribution is -2.61. The quantitative estimate of drug-likeness (QED) is 0.0165. The van der Waals surface area contributed by atoms with Crippen LogP contribution in [0.2, 0.25) is 0 Å². The van der Waals surface area contributed by atoms with Crippen LogP contribution in [0.5, 0.6) is 0 Å². The van der Waals surface area contributed by atoms with Crippen LogP contribution in [0, 0.1) is 11.8 Å². The number of nitrogens with two attached hydrogens (primary N) is 6. The number of aromatic amines is 1. The number of aromatic nitrogens is 2. The highest BCUT2D eigenvalue weighted by Gasteiger charge is 2.40. The molecule has 0 saturated carbocycles. The number of aliphatic imine (C=N–C) groups is 1. The number of carboxylic acid groups (broad SMARTS) is 3. The van der Waals surface area contributed by atoms with E-state index in [4.69, 9.17) is 34.4 Å². The Bertz CT molecular complexity index is 2670. The zero-order valence-electron chi connectivity index (χ0n) is 48.7. The van der Waals surface area contributed by atoms with Gasteiger partial charge in [-0.3, -0.25) is 72.1 Å². The van der Waals surface area contributed by atoms with Crippen molar-refractivity contribution in [2.24, 2.45) is 51.2 Å². The van der Waals surface area contributed by atoms with Crippen molar-refractivity contribution >= 4 is 94.8 Å². The maximum absolute atomic E-state index is 14.3. The number of aliphatic carboxylic acids is 3. The minimum Gasteiger partial charge on any atom is -0.481 e. The molecule has 0 unspecified atom stereocenters. The van der Waals surface area contributed by atoms with Crippen molar-refractivity contribution in [2.45, 2.75) is 178 Å². The Labute approximate surface area is 498 Å². The van der Waals surface area contributed by atoms with Crippen LogP contribution in [0.25, 0.3) is 0 Å². The van der Waals surface area contributed by atoms with E-state index in [1.165, 1.54) is 24.3 Å². The van der Waals surface area contributed by atoms with Crippen LogP contribution in [0.3, 0.4) is 0 Å². The van der Waals surface area contributed by atoms with Gasteiger partial charge in [0, 0.05) is 50.7 Å². The molecule has 1 saturated heterocycles. The Morgan fingerprint density at radius 3 is 1.46 bits per heavy atom. The van der Waals surface area contributed by atoms with Crippen molar-refractivity contribution in [3.05, 3.63) is 18.2 Å². The van der Waals surface area contributed by atoms with Gasteiger partial charge in [-0.1, -0.05) is 34.1 Å². The first kappa shape index (κ1) is 73.6. The molecule has 24 N–H and O–H groups in total. The molecule has 1 aromatic rings. The van der Waals surface area contributed by atoms with Gasteiger partial charge in [0.1, 0.15) is 54.4 Å². The lowest BCUT2D eigenvalue weighted by molar-refractivity contribution is -0.144. The van der Waals surface area contributed by atoms with Gasteiger partial charge >= 0.3 is 17.9 Å². The molecule has 87 heavy (non-hydrogen) atoms. The molecule has 2 heterocycles. The number of nitrogens with one attached hydrogen (secondary N) is 9. The number of carboxylic acids is 3. The lowest BCUT2D eigenvalue weighted by Gasteiger charge is -2.30. The molecule has 1 fully saturated rings. The number of nitrogens with zero attached hydrogens (tertiary/aromatic N) is 3. The van der Waals surface area contributed by atoms with Gasteiger partial charge in [-0.25, -0.2) is 9.78 Å². The topological polar surface area (TPSA) is 613 Å². The van der Waals surface area contributed by atoms with Crippen LogP contribution in [0.1, 0.15) is 117 Å². The summed E-state index contributed by atoms with van der Waals surface area (Å²) in [5.41, 5.74) is 33.4. The first-order valence-corrected chi connectivity index (χ1v) is 27.8. The second kappa shape index (κ2) is 36.4. The highest BCUT2D eigenvalue weighted by atomic mass is 16.4. The van der Waals surface area contributed by atoms with E-state index in [1.54, 1.807) is 20.8 Å². The number of hydrogen-bond donors (Lipinski definition) is 18. The molecule has 2 rings (SSSR count). The second-order valence-corrected chi connectivity index (χ2v) is 21.0. The Balaban J connectivity index is 2.54. The molecule has 36 heteroatoms. The molecule has 0 aliphatic carbocycles. The van der Waals surface area contributed by atoms with Gasteiger partial charge in [0.25, 0.3) is 0 Å². The normalized spacial score (nSPS) is 16.2. The van der Waals surface area contributed by atoms with Gasteiger partial charge in [0.05, 0.1) is 25.2 Å². The van der Waals surface area contributed by atoms with Crippen molar-refractivity contribution in [3.63, 3.8) is 0 Å². The van der Waals surface area contributed by atoms with Crippen LogP contribution in [-0.2, 0) is 78.3 Å². The number of carbonyl (C=O) groups excluding carboxylic acids is 12. The van der Waals surface area contributed by atoms with Crippen molar-refractivity contribution in [3.8, 4) is 0 Å². The average molecular weight is 1240 g/mol. The molecule has 484 valence electrons. The summed E-state index contributed by atoms with van der Waals surface area (Å²) in [5.74, 6) is -18.9. The molecule has 0 spiro atoms. The maximum atomic E-state index is 14.3. The first-order chi connectivity index (χ1) is 40.8. The van der Waals surface area contributed by atoms with Gasteiger partial charge in [-0.05, 0) is 56.8 Å². The van der Waals surface area contributed by atoms with Crippen molar-refractivity contribution in [1.29, 1.82) is 0 Å². The van der Waals surface area contributed by atoms with Crippen LogP contribution in [-0.4, -0.2) is 198 Å². The smallest absolute Gasteiger partial charge is 0.326 e. The minimum atomic E-state index is -2.04. The van der Waals surface area contributed by atoms with Crippen LogP contribution < -0.4 is 76.9 Å². The minimum absolute atomic E-state index is 0.0285. The largest absolute Gasteiger partial charge is 0.481 e. The number of carbonyl (C=O) groups is 15. The predicted molar refractivity (Wildman–Crippen MR) is 302 cm³/mol. The van der Waals surface area contributed by atoms with E-state index < -0.39 is 213 Å². The number of hydrogen-bond acceptors (Lipinski definition) is 18. The van der Waals surface area contributed by atoms with Crippen LogP contribution >= 0.6 is 0 Å². The van der Waals surface area contributed by atoms with Gasteiger partial charge in [0.2, 0.25) is 70.9 Å². The molecule has 36 nitrogen and oxygen atoms in total. The molecule has 0 bridgehead atoms. The van der Waals surface area contributed by atoms with E-state index in [0.717, 1.165) is 0 Å². The number of rotatable bonds is 40. The molecular formula is C51H82N18O18. The third-order valence-corrected chi connectivity index (χ3v) is 13.8. The van der Waals surface area contributed by atoms with Gasteiger partial charge in [-0.2, -0.15) is 0 Å². The van der Waals surface area contributed by atoms with Crippen molar-refractivity contribution in [2.75, 3.05) is 13.1 Å². The number of amides is 12. The lowest BCUT2D eigenvalue weighted by atomic mass is 9.98. The van der Waals surface area contributed by atoms with Gasteiger partial charge < -0.3 is 102 Å². The Morgan fingerprint density at radius 2 is 1.05 bits per heavy atom. The zero-order chi connectivity index (χ0) is 65.8. The van der Waals surface area contributed by atoms with E-state index >= 15 is 0 Å². The molecule has 1 aliphatic heterocycles. The second-order valence-electron chi connectivity index (χ2n) is 21.0. The van der Waals surface area contributed by atoms with Crippen LogP contribution in [0.15, 0.2) is 17.5 Å². The summed E-state index contributed by atoms with van der Waals surface area (Å²) in [6.07, 6.45) is -3.33. The fourth-order valence-electron chi connectivity index (χ4n) is 8.67. The molecular weight excluding hydrogens is 1150 g/mol. The molecule has 1 aromatic heterocycles. The maximum Gasteiger partial charge on any atom is 0.326 e. The zero-order valence-corrected chi connectivity index (χ0v) is 48.7. The van der Waals surface area contributed by atoms with E-state index in [9.17, 15) is 87.2 Å². The number of H-pyrrole nitrogens is 1. The van der Waals surface area contributed by atoms with Crippen LogP contribution in [0.4, 0.5) is 0 Å². The monoisotopic (exact) mass is 1230 g/mol. The fourth-order valence-corrected chi connectivity index (χ4v) is 8.67. The van der Waals surface area contributed by atoms with Gasteiger partial charge in [0.15, 0.2) is 5.96 Å². The summed E-state index contributed by atoms with van der Waals surface area (Å²) < 4.78 is 0. The number of likely N-dealkylation sites (tertiary alicyclic amines) is 1. The summed E-state index contributed by atoms with van der Waals surface area (Å²) in [6, 6.07) is -16.3. The highest BCUT2D eigenvalue weighted by Crippen LogP contribution is 2.21. The molecule has 12 amide bonds. The van der Waals surface area contributed by atoms with Crippen molar-refractivity contribution in [1.82, 2.24) is 57.4 Å². The van der Waals surface area contributed by atoms with Gasteiger partial charge in [-0.15, -0.1) is 0 Å². The summed E-state index contributed by atoms with van der Waals surface area (Å²) in [4.78, 5) is 209. The molecule has 1 aliphatic rings. The van der Waals surface area contributed by atoms with E-state index in [1.807, 2.05) is 0 Å². The number of imidazole rings is 1. The molecule has 11 atom stereocenters.